The normalized spacial score (nSPS) is 23.1. The first-order chi connectivity index (χ1) is 20.8. The molecule has 2 aromatic rings. The van der Waals surface area contributed by atoms with Gasteiger partial charge in [-0.2, -0.15) is 26.3 Å². The first kappa shape index (κ1) is 34.4. The molecule has 3 aliphatic rings. The number of likely N-dealkylation sites (tertiary alicyclic amines) is 1. The summed E-state index contributed by atoms with van der Waals surface area (Å²) in [4.78, 5) is 22.5. The third kappa shape index (κ3) is 5.39. The van der Waals surface area contributed by atoms with Crippen molar-refractivity contribution in [3.05, 3.63) is 59.4 Å². The number of anilines is 1. The van der Waals surface area contributed by atoms with Crippen LogP contribution in [0.2, 0.25) is 0 Å². The van der Waals surface area contributed by atoms with Gasteiger partial charge in [-0.1, -0.05) is 18.6 Å². The van der Waals surface area contributed by atoms with Gasteiger partial charge < -0.3 is 15.3 Å². The molecule has 2 N–H and O–H groups in total. The molecular formula is C28H27F9N2O5S. The fourth-order valence-electron chi connectivity index (χ4n) is 6.53. The summed E-state index contributed by atoms with van der Waals surface area (Å²) >= 11 is 0. The maximum Gasteiger partial charge on any atom is 0.435 e. The number of hydrogen-bond donors (Lipinski definition) is 2. The average Bonchev–Trinajstić information content (AvgIpc) is 3.37. The van der Waals surface area contributed by atoms with Crippen LogP contribution in [0, 0.1) is 5.82 Å². The van der Waals surface area contributed by atoms with Crippen LogP contribution in [0.4, 0.5) is 45.2 Å². The average molecular weight is 675 g/mol. The number of amides is 1. The van der Waals surface area contributed by atoms with Gasteiger partial charge in [0.15, 0.2) is 15.5 Å². The lowest BCUT2D eigenvalue weighted by Crippen LogP contribution is -2.58. The molecule has 17 heteroatoms. The van der Waals surface area contributed by atoms with Crippen molar-refractivity contribution in [1.29, 1.82) is 0 Å². The Hall–Kier alpha value is -3.50. The minimum Gasteiger partial charge on any atom is -0.483 e. The van der Waals surface area contributed by atoms with Crippen molar-refractivity contribution < 1.29 is 62.6 Å². The van der Waals surface area contributed by atoms with Crippen molar-refractivity contribution in [3.8, 4) is 0 Å². The van der Waals surface area contributed by atoms with Crippen LogP contribution in [0.25, 0.3) is 0 Å². The molecule has 1 amide bonds. The molecule has 0 spiro atoms. The molecular weight excluding hydrogens is 647 g/mol. The Kier molecular flexibility index (Phi) is 8.94. The largest absolute Gasteiger partial charge is 0.483 e. The van der Waals surface area contributed by atoms with E-state index in [1.807, 2.05) is 0 Å². The second-order valence-electron chi connectivity index (χ2n) is 11.0. The van der Waals surface area contributed by atoms with Gasteiger partial charge in [-0.15, -0.1) is 0 Å². The van der Waals surface area contributed by atoms with Crippen LogP contribution in [-0.4, -0.2) is 68.0 Å². The van der Waals surface area contributed by atoms with Crippen LogP contribution >= 0.6 is 0 Å². The number of carboxylic acid groups (broad SMARTS) is 1. The number of fused-ring (bicyclic) bond motifs is 3. The molecule has 2 atom stereocenters. The Morgan fingerprint density at radius 2 is 1.49 bits per heavy atom. The third-order valence-corrected chi connectivity index (χ3v) is 11.2. The van der Waals surface area contributed by atoms with Crippen molar-refractivity contribution in [3.63, 3.8) is 0 Å². The lowest BCUT2D eigenvalue weighted by molar-refractivity contribution is -0.348. The zero-order valence-electron chi connectivity index (χ0n) is 23.2. The van der Waals surface area contributed by atoms with Gasteiger partial charge in [0.05, 0.1) is 10.9 Å². The Morgan fingerprint density at radius 3 is 2.02 bits per heavy atom. The maximum absolute atomic E-state index is 15.8. The molecule has 2 aliphatic heterocycles. The van der Waals surface area contributed by atoms with Crippen LogP contribution < -0.4 is 5.32 Å². The Labute approximate surface area is 251 Å². The summed E-state index contributed by atoms with van der Waals surface area (Å²) in [5.41, 5.74) is -10.7. The molecule has 2 aromatic carbocycles. The van der Waals surface area contributed by atoms with Crippen LogP contribution in [0.5, 0.6) is 0 Å². The molecule has 2 fully saturated rings. The van der Waals surface area contributed by atoms with E-state index in [0.717, 1.165) is 29.2 Å². The molecule has 45 heavy (non-hydrogen) atoms. The molecule has 7 nitrogen and oxygen atoms in total. The fourth-order valence-corrected chi connectivity index (χ4v) is 8.84. The number of alkyl halides is 8. The van der Waals surface area contributed by atoms with Crippen molar-refractivity contribution in [2.24, 2.45) is 0 Å². The van der Waals surface area contributed by atoms with E-state index in [0.29, 0.717) is 25.3 Å². The zero-order valence-corrected chi connectivity index (χ0v) is 24.0. The Morgan fingerprint density at radius 1 is 0.933 bits per heavy atom. The number of benzene rings is 2. The van der Waals surface area contributed by atoms with E-state index >= 15 is 4.39 Å². The summed E-state index contributed by atoms with van der Waals surface area (Å²) in [6, 6.07) is 3.38. The van der Waals surface area contributed by atoms with Gasteiger partial charge in [-0.25, -0.2) is 21.6 Å². The third-order valence-electron chi connectivity index (χ3n) is 8.67. The van der Waals surface area contributed by atoms with Gasteiger partial charge in [-0.3, -0.25) is 9.59 Å². The lowest BCUT2D eigenvalue weighted by atomic mass is 9.82. The number of carbonyl (C=O) groups excluding carboxylic acids is 1. The zero-order chi connectivity index (χ0) is 33.6. The summed E-state index contributed by atoms with van der Waals surface area (Å²) < 4.78 is 152. The number of nitrogens with one attached hydrogen (secondary N) is 1. The van der Waals surface area contributed by atoms with Gasteiger partial charge in [0, 0.05) is 24.3 Å². The van der Waals surface area contributed by atoms with E-state index < -0.39 is 85.2 Å². The molecule has 0 bridgehead atoms. The number of nitrogens with zero attached hydrogens (tertiary/aromatic N) is 1. The van der Waals surface area contributed by atoms with Gasteiger partial charge in [-0.05, 0) is 68.0 Å². The first-order valence-corrected chi connectivity index (χ1v) is 15.1. The van der Waals surface area contributed by atoms with E-state index in [1.54, 1.807) is 0 Å². The summed E-state index contributed by atoms with van der Waals surface area (Å²) in [7, 11) is -4.67. The standard InChI is InChI=1S/C27H25F9N2O3S.CH2O2/c28-17-5-7-18(8-6-17)42(40,41)24-12-13-38(22(39)23(29)10-2-1-3-11-23)21(24)15-37-20-14-16(4-9-19(20)24)25(30,26(31,32)33)27(34,35)36;2-1-3/h4-9,14,21,37H,1-3,10-13,15H2;1H,(H,2,3). The molecule has 0 aromatic heterocycles. The maximum atomic E-state index is 15.8. The SMILES string of the molecule is O=C(N1CCC2(S(=O)(=O)c3ccc(F)cc3)c3ccc(C(F)(C(F)(F)F)C(F)(F)F)cc3NCC12)C1(F)CCCCC1.O=CO. The number of carbonyl (C=O) groups is 2. The molecule has 5 rings (SSSR count). The number of hydrogen-bond acceptors (Lipinski definition) is 5. The van der Waals surface area contributed by atoms with Crippen molar-refractivity contribution in [2.75, 3.05) is 18.4 Å². The summed E-state index contributed by atoms with van der Waals surface area (Å²) in [6.45, 7) is -1.05. The van der Waals surface area contributed by atoms with E-state index in [9.17, 15) is 48.3 Å². The van der Waals surface area contributed by atoms with E-state index in [2.05, 4.69) is 5.32 Å². The minimum atomic E-state index is -6.40. The second-order valence-corrected chi connectivity index (χ2v) is 13.2. The van der Waals surface area contributed by atoms with Gasteiger partial charge in [0.2, 0.25) is 0 Å². The Bertz CT molecular complexity index is 1530. The van der Waals surface area contributed by atoms with E-state index in [-0.39, 0.29) is 43.6 Å². The molecule has 1 aliphatic carbocycles. The van der Waals surface area contributed by atoms with Gasteiger partial charge in [0.25, 0.3) is 12.4 Å². The van der Waals surface area contributed by atoms with Gasteiger partial charge >= 0.3 is 18.0 Å². The number of rotatable bonds is 4. The van der Waals surface area contributed by atoms with Crippen molar-refractivity contribution in [1.82, 2.24) is 4.90 Å². The van der Waals surface area contributed by atoms with Crippen LogP contribution in [0.1, 0.15) is 49.7 Å². The smallest absolute Gasteiger partial charge is 0.435 e. The lowest BCUT2D eigenvalue weighted by Gasteiger charge is -2.44. The molecule has 2 heterocycles. The highest BCUT2D eigenvalue weighted by Gasteiger charge is 2.74. The fraction of sp³-hybridized carbons (Fsp3) is 0.500. The van der Waals surface area contributed by atoms with Crippen molar-refractivity contribution in [2.45, 2.75) is 77.9 Å². The van der Waals surface area contributed by atoms with Crippen LogP contribution in [-0.2, 0) is 29.8 Å². The monoisotopic (exact) mass is 674 g/mol. The number of halogens is 9. The highest BCUT2D eigenvalue weighted by Crippen LogP contribution is 2.57. The second kappa shape index (κ2) is 11.7. The van der Waals surface area contributed by atoms with Crippen LogP contribution in [0.3, 0.4) is 0 Å². The molecule has 248 valence electrons. The Balaban J connectivity index is 0.00000148. The topological polar surface area (TPSA) is 104 Å². The highest BCUT2D eigenvalue weighted by atomic mass is 32.2. The van der Waals surface area contributed by atoms with Crippen molar-refractivity contribution >= 4 is 27.9 Å². The first-order valence-electron chi connectivity index (χ1n) is 13.6. The van der Waals surface area contributed by atoms with Crippen LogP contribution in [0.15, 0.2) is 47.4 Å². The summed E-state index contributed by atoms with van der Waals surface area (Å²) in [5, 5.41) is 9.45. The molecule has 2 unspecified atom stereocenters. The predicted molar refractivity (Wildman–Crippen MR) is 141 cm³/mol. The molecule has 0 radical (unpaired) electrons. The molecule has 1 saturated carbocycles. The highest BCUT2D eigenvalue weighted by molar-refractivity contribution is 7.92. The summed E-state index contributed by atoms with van der Waals surface area (Å²) in [5.74, 6) is -1.74. The minimum absolute atomic E-state index is 0.0897. The predicted octanol–water partition coefficient (Wildman–Crippen LogP) is 6.18. The number of sulfone groups is 1. The van der Waals surface area contributed by atoms with E-state index in [1.165, 1.54) is 0 Å². The summed E-state index contributed by atoms with van der Waals surface area (Å²) in [6.07, 6.45) is -11.8. The van der Waals surface area contributed by atoms with E-state index in [4.69, 9.17) is 9.90 Å². The quantitative estimate of drug-likeness (QED) is 0.228. The van der Waals surface area contributed by atoms with Gasteiger partial charge in [0.1, 0.15) is 10.6 Å². The molecule has 1 saturated heterocycles.